The van der Waals surface area contributed by atoms with Crippen molar-refractivity contribution in [2.24, 2.45) is 17.4 Å². The standard InChI is InChI=1S/C13H27N3O/c14-7-5-3-1-2-4-6-8-16-11-12(10-15)9-13(16)17/h12H,1-11,14-15H2. The molecule has 4 heteroatoms. The Kier molecular flexibility index (Phi) is 7.21. The molecular weight excluding hydrogens is 214 g/mol. The molecule has 0 aromatic rings. The molecule has 0 radical (unpaired) electrons. The van der Waals surface area contributed by atoms with E-state index in [0.29, 0.717) is 24.8 Å². The first-order valence-corrected chi connectivity index (χ1v) is 6.95. The van der Waals surface area contributed by atoms with Crippen LogP contribution in [0.2, 0.25) is 0 Å². The Morgan fingerprint density at radius 1 is 1.06 bits per heavy atom. The van der Waals surface area contributed by atoms with E-state index in [-0.39, 0.29) is 0 Å². The molecule has 1 unspecified atom stereocenters. The molecule has 0 aromatic heterocycles. The normalized spacial score (nSPS) is 20.2. The Bertz CT molecular complexity index is 221. The lowest BCUT2D eigenvalue weighted by molar-refractivity contribution is -0.127. The molecule has 1 heterocycles. The van der Waals surface area contributed by atoms with Crippen molar-refractivity contribution in [3.05, 3.63) is 0 Å². The molecule has 0 bridgehead atoms. The maximum Gasteiger partial charge on any atom is 0.222 e. The van der Waals surface area contributed by atoms with Crippen molar-refractivity contribution in [1.29, 1.82) is 0 Å². The highest BCUT2D eigenvalue weighted by Gasteiger charge is 2.27. The molecule has 1 rings (SSSR count). The molecule has 1 atom stereocenters. The van der Waals surface area contributed by atoms with Gasteiger partial charge in [0.2, 0.25) is 5.91 Å². The van der Waals surface area contributed by atoms with Gasteiger partial charge in [-0.25, -0.2) is 0 Å². The number of carbonyl (C=O) groups is 1. The highest BCUT2D eigenvalue weighted by molar-refractivity contribution is 5.78. The quantitative estimate of drug-likeness (QED) is 0.594. The Balaban J connectivity index is 1.98. The van der Waals surface area contributed by atoms with Crippen LogP contribution in [0, 0.1) is 5.92 Å². The number of likely N-dealkylation sites (tertiary alicyclic amines) is 1. The third-order valence-corrected chi connectivity index (χ3v) is 3.51. The first-order valence-electron chi connectivity index (χ1n) is 6.95. The lowest BCUT2D eigenvalue weighted by Gasteiger charge is -2.16. The minimum absolute atomic E-state index is 0.295. The molecule has 1 amide bonds. The van der Waals surface area contributed by atoms with Crippen molar-refractivity contribution in [1.82, 2.24) is 4.90 Å². The summed E-state index contributed by atoms with van der Waals surface area (Å²) in [5.41, 5.74) is 11.0. The van der Waals surface area contributed by atoms with Crippen LogP contribution in [0.15, 0.2) is 0 Å². The van der Waals surface area contributed by atoms with E-state index in [9.17, 15) is 4.79 Å². The van der Waals surface area contributed by atoms with Gasteiger partial charge in [-0.3, -0.25) is 4.79 Å². The maximum atomic E-state index is 11.6. The van der Waals surface area contributed by atoms with Gasteiger partial charge < -0.3 is 16.4 Å². The Labute approximate surface area is 105 Å². The highest BCUT2D eigenvalue weighted by Crippen LogP contribution is 2.17. The van der Waals surface area contributed by atoms with E-state index in [0.717, 1.165) is 32.5 Å². The second kappa shape index (κ2) is 8.48. The first-order chi connectivity index (χ1) is 8.27. The number of nitrogens with zero attached hydrogens (tertiary/aromatic N) is 1. The molecule has 0 saturated carbocycles. The first kappa shape index (κ1) is 14.5. The van der Waals surface area contributed by atoms with Gasteiger partial charge in [0.05, 0.1) is 0 Å². The molecule has 0 aliphatic carbocycles. The van der Waals surface area contributed by atoms with Crippen LogP contribution >= 0.6 is 0 Å². The molecule has 100 valence electrons. The number of hydrogen-bond donors (Lipinski definition) is 2. The molecule has 1 fully saturated rings. The maximum absolute atomic E-state index is 11.6. The number of carbonyl (C=O) groups excluding carboxylic acids is 1. The van der Waals surface area contributed by atoms with E-state index >= 15 is 0 Å². The summed E-state index contributed by atoms with van der Waals surface area (Å²) in [6, 6.07) is 0. The number of hydrogen-bond acceptors (Lipinski definition) is 3. The van der Waals surface area contributed by atoms with Gasteiger partial charge in [0.15, 0.2) is 0 Å². The second-order valence-corrected chi connectivity index (χ2v) is 5.06. The van der Waals surface area contributed by atoms with Crippen LogP contribution in [-0.4, -0.2) is 37.0 Å². The van der Waals surface area contributed by atoms with Crippen LogP contribution in [0.3, 0.4) is 0 Å². The average molecular weight is 241 g/mol. The van der Waals surface area contributed by atoms with Crippen molar-refractivity contribution in [2.45, 2.75) is 44.9 Å². The van der Waals surface area contributed by atoms with E-state index < -0.39 is 0 Å². The van der Waals surface area contributed by atoms with Gasteiger partial charge in [-0.2, -0.15) is 0 Å². The van der Waals surface area contributed by atoms with Crippen molar-refractivity contribution in [3.8, 4) is 0 Å². The fourth-order valence-electron chi connectivity index (χ4n) is 2.38. The monoisotopic (exact) mass is 241 g/mol. The zero-order chi connectivity index (χ0) is 12.5. The summed E-state index contributed by atoms with van der Waals surface area (Å²) >= 11 is 0. The molecule has 17 heavy (non-hydrogen) atoms. The molecule has 4 N–H and O–H groups in total. The van der Waals surface area contributed by atoms with Gasteiger partial charge in [0, 0.05) is 19.5 Å². The van der Waals surface area contributed by atoms with E-state index in [4.69, 9.17) is 11.5 Å². The second-order valence-electron chi connectivity index (χ2n) is 5.06. The number of amides is 1. The Hall–Kier alpha value is -0.610. The summed E-state index contributed by atoms with van der Waals surface area (Å²) in [5.74, 6) is 0.690. The summed E-state index contributed by atoms with van der Waals surface area (Å²) in [6.07, 6.45) is 7.94. The predicted octanol–water partition coefficient (Wildman–Crippen LogP) is 1.09. The van der Waals surface area contributed by atoms with Gasteiger partial charge in [-0.15, -0.1) is 0 Å². The third kappa shape index (κ3) is 5.50. The molecule has 1 aliphatic heterocycles. The lowest BCUT2D eigenvalue weighted by Crippen LogP contribution is -2.27. The zero-order valence-electron chi connectivity index (χ0n) is 10.9. The average Bonchev–Trinajstić information content (AvgIpc) is 2.69. The van der Waals surface area contributed by atoms with Crippen molar-refractivity contribution >= 4 is 5.91 Å². The summed E-state index contributed by atoms with van der Waals surface area (Å²) in [7, 11) is 0. The van der Waals surface area contributed by atoms with Crippen LogP contribution < -0.4 is 11.5 Å². The van der Waals surface area contributed by atoms with Crippen LogP contribution in [0.25, 0.3) is 0 Å². The van der Waals surface area contributed by atoms with Gasteiger partial charge in [0.1, 0.15) is 0 Å². The van der Waals surface area contributed by atoms with Gasteiger partial charge in [-0.1, -0.05) is 25.7 Å². The van der Waals surface area contributed by atoms with Gasteiger partial charge >= 0.3 is 0 Å². The van der Waals surface area contributed by atoms with Crippen LogP contribution in [0.1, 0.15) is 44.9 Å². The SMILES string of the molecule is NCCCCCCCCN1CC(CN)CC1=O. The van der Waals surface area contributed by atoms with Crippen molar-refractivity contribution in [3.63, 3.8) is 0 Å². The highest BCUT2D eigenvalue weighted by atomic mass is 16.2. The minimum atomic E-state index is 0.295. The van der Waals surface area contributed by atoms with Crippen molar-refractivity contribution in [2.75, 3.05) is 26.2 Å². The smallest absolute Gasteiger partial charge is 0.222 e. The summed E-state index contributed by atoms with van der Waals surface area (Å²) in [5, 5.41) is 0. The molecular formula is C13H27N3O. The largest absolute Gasteiger partial charge is 0.342 e. The van der Waals surface area contributed by atoms with E-state index in [1.54, 1.807) is 0 Å². The number of nitrogens with two attached hydrogens (primary N) is 2. The fraction of sp³-hybridized carbons (Fsp3) is 0.923. The minimum Gasteiger partial charge on any atom is -0.342 e. The summed E-state index contributed by atoms with van der Waals surface area (Å²) in [4.78, 5) is 13.6. The summed E-state index contributed by atoms with van der Waals surface area (Å²) < 4.78 is 0. The van der Waals surface area contributed by atoms with E-state index in [1.165, 1.54) is 25.7 Å². The third-order valence-electron chi connectivity index (χ3n) is 3.51. The van der Waals surface area contributed by atoms with Crippen LogP contribution in [-0.2, 0) is 4.79 Å². The Morgan fingerprint density at radius 3 is 2.29 bits per heavy atom. The van der Waals surface area contributed by atoms with Gasteiger partial charge in [0.25, 0.3) is 0 Å². The molecule has 0 aromatic carbocycles. The summed E-state index contributed by atoms with van der Waals surface area (Å²) in [6.45, 7) is 3.25. The van der Waals surface area contributed by atoms with Crippen molar-refractivity contribution < 1.29 is 4.79 Å². The van der Waals surface area contributed by atoms with Gasteiger partial charge in [-0.05, 0) is 31.8 Å². The van der Waals surface area contributed by atoms with E-state index in [1.807, 2.05) is 4.90 Å². The topological polar surface area (TPSA) is 72.3 Å². The molecule has 0 spiro atoms. The van der Waals surface area contributed by atoms with Crippen LogP contribution in [0.4, 0.5) is 0 Å². The molecule has 1 saturated heterocycles. The van der Waals surface area contributed by atoms with E-state index in [2.05, 4.69) is 0 Å². The Morgan fingerprint density at radius 2 is 1.71 bits per heavy atom. The fourth-order valence-corrected chi connectivity index (χ4v) is 2.38. The predicted molar refractivity (Wildman–Crippen MR) is 70.5 cm³/mol. The molecule has 1 aliphatic rings. The van der Waals surface area contributed by atoms with Crippen LogP contribution in [0.5, 0.6) is 0 Å². The number of rotatable bonds is 9. The lowest BCUT2D eigenvalue weighted by atomic mass is 10.1. The zero-order valence-corrected chi connectivity index (χ0v) is 10.9. The molecule has 4 nitrogen and oxygen atoms in total. The number of unbranched alkanes of at least 4 members (excludes halogenated alkanes) is 5.